The number of aromatic nitrogens is 1. The number of benzene rings is 12. The standard InChI is InChI=1S/C75H54N2/c1-51-21-15-16-30-64(51)73-52(2)68(50-69-67-32-18-20-34-72(67)77(74(69)73)62-43-37-56(38-44-62)54-24-9-4-10-25-54)57-39-45-61(46-40-57)76(60-41-35-55(36-42-60)53-22-7-3-8-23-53)63-47-48-66-65-31-17-19-33-70(65)75(71(66)49-63,58-26-11-5-12-27-58)59-28-13-6-14-29-59/h3-50H,1-2H3. The highest BCUT2D eigenvalue weighted by Crippen LogP contribution is 2.57. The van der Waals surface area contributed by atoms with Crippen molar-refractivity contribution in [2.24, 2.45) is 0 Å². The van der Waals surface area contributed by atoms with E-state index in [2.05, 4.69) is 315 Å². The molecule has 0 radical (unpaired) electrons. The summed E-state index contributed by atoms with van der Waals surface area (Å²) in [5.41, 5.74) is 26.0. The molecule has 12 aromatic carbocycles. The van der Waals surface area contributed by atoms with Crippen molar-refractivity contribution in [3.8, 4) is 61.3 Å². The zero-order valence-corrected chi connectivity index (χ0v) is 43.1. The molecule has 1 aromatic heterocycles. The molecule has 0 amide bonds. The molecule has 14 rings (SSSR count). The fourth-order valence-electron chi connectivity index (χ4n) is 12.6. The molecule has 0 unspecified atom stereocenters. The molecule has 1 aliphatic rings. The van der Waals surface area contributed by atoms with Crippen LogP contribution < -0.4 is 4.90 Å². The van der Waals surface area contributed by atoms with Gasteiger partial charge in [0.15, 0.2) is 0 Å². The van der Waals surface area contributed by atoms with Crippen LogP contribution in [0.1, 0.15) is 33.4 Å². The van der Waals surface area contributed by atoms with Gasteiger partial charge < -0.3 is 9.47 Å². The highest BCUT2D eigenvalue weighted by atomic mass is 15.1. The summed E-state index contributed by atoms with van der Waals surface area (Å²) in [5.74, 6) is 0. The maximum Gasteiger partial charge on any atom is 0.0714 e. The second kappa shape index (κ2) is 18.9. The van der Waals surface area contributed by atoms with E-state index in [4.69, 9.17) is 0 Å². The van der Waals surface area contributed by atoms with Crippen LogP contribution in [0.25, 0.3) is 83.1 Å². The van der Waals surface area contributed by atoms with Crippen LogP contribution in [0.2, 0.25) is 0 Å². The number of para-hydroxylation sites is 1. The summed E-state index contributed by atoms with van der Waals surface area (Å²) in [7, 11) is 0. The van der Waals surface area contributed by atoms with E-state index in [-0.39, 0.29) is 0 Å². The summed E-state index contributed by atoms with van der Waals surface area (Å²) in [5, 5.41) is 2.46. The molecule has 0 aliphatic heterocycles. The van der Waals surface area contributed by atoms with Gasteiger partial charge >= 0.3 is 0 Å². The molecular formula is C75H54N2. The summed E-state index contributed by atoms with van der Waals surface area (Å²) in [6.45, 7) is 4.56. The summed E-state index contributed by atoms with van der Waals surface area (Å²) in [6, 6.07) is 107. The van der Waals surface area contributed by atoms with Crippen LogP contribution >= 0.6 is 0 Å². The summed E-state index contributed by atoms with van der Waals surface area (Å²) >= 11 is 0. The lowest BCUT2D eigenvalue weighted by molar-refractivity contribution is 0.768. The van der Waals surface area contributed by atoms with Crippen molar-refractivity contribution in [2.75, 3.05) is 4.90 Å². The number of nitrogens with zero attached hydrogens (tertiary/aromatic N) is 2. The van der Waals surface area contributed by atoms with Crippen molar-refractivity contribution in [3.05, 3.63) is 325 Å². The van der Waals surface area contributed by atoms with E-state index >= 15 is 0 Å². The molecule has 2 nitrogen and oxygen atoms in total. The number of aryl methyl sites for hydroxylation is 1. The Morgan fingerprint density at radius 1 is 0.325 bits per heavy atom. The number of fused-ring (bicyclic) bond motifs is 6. The Bertz CT molecular complexity index is 4250. The number of hydrogen-bond donors (Lipinski definition) is 0. The van der Waals surface area contributed by atoms with E-state index in [9.17, 15) is 0 Å². The molecule has 77 heavy (non-hydrogen) atoms. The fraction of sp³-hybridized carbons (Fsp3) is 0.0400. The van der Waals surface area contributed by atoms with Crippen molar-refractivity contribution < 1.29 is 0 Å². The average molecular weight is 983 g/mol. The van der Waals surface area contributed by atoms with Gasteiger partial charge in [-0.2, -0.15) is 0 Å². The third-order valence-corrected chi connectivity index (χ3v) is 16.2. The zero-order chi connectivity index (χ0) is 51.5. The Hall–Kier alpha value is -9.76. The van der Waals surface area contributed by atoms with E-state index in [1.165, 1.54) is 111 Å². The van der Waals surface area contributed by atoms with Crippen LogP contribution in [0.15, 0.2) is 291 Å². The first kappa shape index (κ1) is 45.8. The average Bonchev–Trinajstić information content (AvgIpc) is 4.23. The minimum atomic E-state index is -0.531. The Labute approximate surface area is 451 Å². The van der Waals surface area contributed by atoms with Crippen LogP contribution in [-0.2, 0) is 5.41 Å². The predicted molar refractivity (Wildman–Crippen MR) is 324 cm³/mol. The van der Waals surface area contributed by atoms with Crippen molar-refractivity contribution >= 4 is 38.9 Å². The summed E-state index contributed by atoms with van der Waals surface area (Å²) in [6.07, 6.45) is 0. The Kier molecular flexibility index (Phi) is 11.2. The van der Waals surface area contributed by atoms with Crippen LogP contribution in [0.4, 0.5) is 17.1 Å². The number of hydrogen-bond acceptors (Lipinski definition) is 1. The predicted octanol–water partition coefficient (Wildman–Crippen LogP) is 19.9. The molecule has 364 valence electrons. The number of rotatable bonds is 10. The Morgan fingerprint density at radius 2 is 0.792 bits per heavy atom. The first-order valence-corrected chi connectivity index (χ1v) is 26.7. The quantitative estimate of drug-likeness (QED) is 0.133. The van der Waals surface area contributed by atoms with Crippen molar-refractivity contribution in [3.63, 3.8) is 0 Å². The van der Waals surface area contributed by atoms with Crippen LogP contribution in [0.3, 0.4) is 0 Å². The van der Waals surface area contributed by atoms with Gasteiger partial charge in [0.05, 0.1) is 16.4 Å². The van der Waals surface area contributed by atoms with Crippen LogP contribution in [0, 0.1) is 13.8 Å². The molecule has 0 N–H and O–H groups in total. The highest BCUT2D eigenvalue weighted by Gasteiger charge is 2.46. The van der Waals surface area contributed by atoms with E-state index in [0.717, 1.165) is 22.7 Å². The van der Waals surface area contributed by atoms with Gasteiger partial charge in [-0.1, -0.05) is 231 Å². The second-order valence-electron chi connectivity index (χ2n) is 20.5. The third kappa shape index (κ3) is 7.55. The van der Waals surface area contributed by atoms with Crippen molar-refractivity contribution in [1.82, 2.24) is 4.57 Å². The van der Waals surface area contributed by atoms with Crippen molar-refractivity contribution in [1.29, 1.82) is 0 Å². The van der Waals surface area contributed by atoms with E-state index in [1.807, 2.05) is 0 Å². The van der Waals surface area contributed by atoms with Crippen LogP contribution in [-0.4, -0.2) is 4.57 Å². The minimum Gasteiger partial charge on any atom is -0.310 e. The lowest BCUT2D eigenvalue weighted by atomic mass is 9.67. The van der Waals surface area contributed by atoms with Gasteiger partial charge in [0.2, 0.25) is 0 Å². The summed E-state index contributed by atoms with van der Waals surface area (Å²) < 4.78 is 2.49. The smallest absolute Gasteiger partial charge is 0.0714 e. The minimum absolute atomic E-state index is 0.531. The first-order chi connectivity index (χ1) is 38.0. The molecule has 0 fully saturated rings. The molecule has 1 aliphatic carbocycles. The van der Waals surface area contributed by atoms with Gasteiger partial charge in [0.1, 0.15) is 0 Å². The third-order valence-electron chi connectivity index (χ3n) is 16.2. The molecule has 0 atom stereocenters. The van der Waals surface area contributed by atoms with Gasteiger partial charge in [0.25, 0.3) is 0 Å². The Balaban J connectivity index is 0.950. The van der Waals surface area contributed by atoms with E-state index < -0.39 is 5.41 Å². The van der Waals surface area contributed by atoms with Gasteiger partial charge in [0, 0.05) is 39.1 Å². The molecule has 13 aromatic rings. The second-order valence-corrected chi connectivity index (χ2v) is 20.5. The van der Waals surface area contributed by atoms with Gasteiger partial charge in [-0.25, -0.2) is 0 Å². The Morgan fingerprint density at radius 3 is 1.40 bits per heavy atom. The van der Waals surface area contributed by atoms with Crippen LogP contribution in [0.5, 0.6) is 0 Å². The maximum absolute atomic E-state index is 2.49. The normalized spacial score (nSPS) is 12.4. The summed E-state index contributed by atoms with van der Waals surface area (Å²) in [4.78, 5) is 2.44. The molecule has 2 heteroatoms. The lowest BCUT2D eigenvalue weighted by Gasteiger charge is -2.35. The molecule has 0 saturated carbocycles. The fourth-order valence-corrected chi connectivity index (χ4v) is 12.6. The maximum atomic E-state index is 2.49. The highest BCUT2D eigenvalue weighted by molar-refractivity contribution is 6.16. The monoisotopic (exact) mass is 982 g/mol. The molecule has 1 heterocycles. The van der Waals surface area contributed by atoms with Gasteiger partial charge in [-0.05, 0) is 158 Å². The topological polar surface area (TPSA) is 8.17 Å². The molecule has 0 saturated heterocycles. The van der Waals surface area contributed by atoms with Gasteiger partial charge in [-0.15, -0.1) is 0 Å². The lowest BCUT2D eigenvalue weighted by Crippen LogP contribution is -2.28. The zero-order valence-electron chi connectivity index (χ0n) is 43.1. The van der Waals surface area contributed by atoms with Crippen molar-refractivity contribution in [2.45, 2.75) is 19.3 Å². The van der Waals surface area contributed by atoms with E-state index in [0.29, 0.717) is 0 Å². The number of anilines is 3. The molecular weight excluding hydrogens is 929 g/mol. The molecule has 0 spiro atoms. The SMILES string of the molecule is Cc1ccccc1-c1c(C)c(-c2ccc(N(c3ccc(-c4ccccc4)cc3)c3ccc4c(c3)C(c3ccccc3)(c3ccccc3)c3ccccc3-4)cc2)cc2c3ccccc3n(-c3ccc(-c4ccccc4)cc3)c12. The largest absolute Gasteiger partial charge is 0.310 e. The van der Waals surface area contributed by atoms with Gasteiger partial charge in [-0.3, -0.25) is 0 Å². The first-order valence-electron chi connectivity index (χ1n) is 26.7. The van der Waals surface area contributed by atoms with E-state index in [1.54, 1.807) is 0 Å². The molecule has 0 bridgehead atoms.